The molecule has 4 heteroatoms. The normalized spacial score (nSPS) is 10.9. The summed E-state index contributed by atoms with van der Waals surface area (Å²) < 4.78 is 0.0898. The Balaban J connectivity index is 1.71. The van der Waals surface area contributed by atoms with Crippen LogP contribution in [0.5, 0.6) is 0 Å². The van der Waals surface area contributed by atoms with Gasteiger partial charge in [0.25, 0.3) is 0 Å². The van der Waals surface area contributed by atoms with Gasteiger partial charge in [-0.1, -0.05) is 41.5 Å². The minimum absolute atomic E-state index is 0.0393. The van der Waals surface area contributed by atoms with Crippen LogP contribution in [0.4, 0.5) is 5.69 Å². The van der Waals surface area contributed by atoms with Crippen LogP contribution in [0.25, 0.3) is 0 Å². The fourth-order valence-corrected chi connectivity index (χ4v) is 5.35. The van der Waals surface area contributed by atoms with Crippen LogP contribution in [0.1, 0.15) is 28.7 Å². The van der Waals surface area contributed by atoms with Crippen LogP contribution in [0, 0.1) is 27.7 Å². The summed E-state index contributed by atoms with van der Waals surface area (Å²) in [5, 5.41) is 3.06. The standard InChI is InChI=1S/C25H27NOS2/c1-17-5-11-22(12-6-17)28-25(29-23-13-7-18(2)8-14-23)16-24(27)26-21-10-9-19(3)20(4)15-21/h5-15,25H,16H2,1-4H3,(H,26,27). The summed E-state index contributed by atoms with van der Waals surface area (Å²) in [5.41, 5.74) is 5.75. The van der Waals surface area contributed by atoms with Gasteiger partial charge < -0.3 is 5.32 Å². The Morgan fingerprint density at radius 3 is 1.76 bits per heavy atom. The topological polar surface area (TPSA) is 29.1 Å². The van der Waals surface area contributed by atoms with Gasteiger partial charge >= 0.3 is 0 Å². The number of hydrogen-bond donors (Lipinski definition) is 1. The Morgan fingerprint density at radius 2 is 1.28 bits per heavy atom. The van der Waals surface area contributed by atoms with Gasteiger partial charge in [0.15, 0.2) is 0 Å². The molecule has 3 rings (SSSR count). The number of hydrogen-bond acceptors (Lipinski definition) is 3. The SMILES string of the molecule is Cc1ccc(SC(CC(=O)Nc2ccc(C)c(C)c2)Sc2ccc(C)cc2)cc1. The molecule has 0 atom stereocenters. The second-order valence-electron chi connectivity index (χ2n) is 7.34. The maximum atomic E-state index is 12.8. The summed E-state index contributed by atoms with van der Waals surface area (Å²) in [5.74, 6) is 0.0393. The molecule has 1 N–H and O–H groups in total. The molecular formula is C25H27NOS2. The van der Waals surface area contributed by atoms with E-state index in [1.54, 1.807) is 23.5 Å². The van der Waals surface area contributed by atoms with Crippen LogP contribution in [0.3, 0.4) is 0 Å². The second kappa shape index (κ2) is 10.0. The first-order valence-corrected chi connectivity index (χ1v) is 11.5. The van der Waals surface area contributed by atoms with Crippen molar-refractivity contribution in [2.75, 3.05) is 5.32 Å². The van der Waals surface area contributed by atoms with Gasteiger partial charge in [-0.2, -0.15) is 0 Å². The third-order valence-corrected chi connectivity index (χ3v) is 7.24. The van der Waals surface area contributed by atoms with E-state index in [9.17, 15) is 4.79 Å². The predicted molar refractivity (Wildman–Crippen MR) is 127 cm³/mol. The predicted octanol–water partition coefficient (Wildman–Crippen LogP) is 7.16. The molecule has 0 aliphatic heterocycles. The number of carbonyl (C=O) groups excluding carboxylic acids is 1. The van der Waals surface area contributed by atoms with E-state index in [0.29, 0.717) is 6.42 Å². The van der Waals surface area contributed by atoms with Crippen molar-refractivity contribution in [3.8, 4) is 0 Å². The van der Waals surface area contributed by atoms with E-state index in [1.165, 1.54) is 32.0 Å². The molecule has 0 aliphatic carbocycles. The number of amides is 1. The van der Waals surface area contributed by atoms with E-state index in [0.717, 1.165) is 5.69 Å². The second-order valence-corrected chi connectivity index (χ2v) is 10.2. The monoisotopic (exact) mass is 421 g/mol. The van der Waals surface area contributed by atoms with E-state index in [1.807, 2.05) is 18.2 Å². The van der Waals surface area contributed by atoms with Crippen molar-refractivity contribution in [2.45, 2.75) is 48.5 Å². The first kappa shape index (κ1) is 21.5. The van der Waals surface area contributed by atoms with Gasteiger partial charge in [0.1, 0.15) is 0 Å². The molecule has 29 heavy (non-hydrogen) atoms. The van der Waals surface area contributed by atoms with Gasteiger partial charge in [-0.3, -0.25) is 4.79 Å². The fourth-order valence-electron chi connectivity index (χ4n) is 2.83. The summed E-state index contributed by atoms with van der Waals surface area (Å²) in [7, 11) is 0. The lowest BCUT2D eigenvalue weighted by Crippen LogP contribution is -2.16. The quantitative estimate of drug-likeness (QED) is 0.324. The van der Waals surface area contributed by atoms with Crippen LogP contribution in [-0.4, -0.2) is 10.5 Å². The average Bonchev–Trinajstić information content (AvgIpc) is 2.68. The summed E-state index contributed by atoms with van der Waals surface area (Å²) in [6.45, 7) is 8.32. The molecule has 3 aromatic rings. The van der Waals surface area contributed by atoms with Crippen LogP contribution < -0.4 is 5.32 Å². The van der Waals surface area contributed by atoms with Crippen LogP contribution >= 0.6 is 23.5 Å². The Labute approximate surface area is 182 Å². The summed E-state index contributed by atoms with van der Waals surface area (Å²) in [6.07, 6.45) is 0.435. The van der Waals surface area contributed by atoms with Gasteiger partial charge in [-0.25, -0.2) is 0 Å². The maximum absolute atomic E-state index is 12.8. The van der Waals surface area contributed by atoms with Crippen molar-refractivity contribution >= 4 is 35.1 Å². The molecule has 0 aliphatic rings. The first-order chi connectivity index (χ1) is 13.9. The molecule has 0 spiro atoms. The highest BCUT2D eigenvalue weighted by Crippen LogP contribution is 2.38. The zero-order valence-corrected chi connectivity index (χ0v) is 19.0. The van der Waals surface area contributed by atoms with Gasteiger partial charge in [-0.15, -0.1) is 23.5 Å². The molecule has 1 amide bonds. The Morgan fingerprint density at radius 1 is 0.759 bits per heavy atom. The number of carbonyl (C=O) groups is 1. The van der Waals surface area contributed by atoms with Crippen molar-refractivity contribution in [2.24, 2.45) is 0 Å². The molecule has 0 bridgehead atoms. The molecular weight excluding hydrogens is 394 g/mol. The highest BCUT2D eigenvalue weighted by molar-refractivity contribution is 8.17. The third-order valence-electron chi connectivity index (χ3n) is 4.72. The molecule has 0 radical (unpaired) electrons. The summed E-state index contributed by atoms with van der Waals surface area (Å²) in [4.78, 5) is 15.1. The number of benzene rings is 3. The zero-order valence-electron chi connectivity index (χ0n) is 17.4. The molecule has 3 aromatic carbocycles. The van der Waals surface area contributed by atoms with E-state index >= 15 is 0 Å². The van der Waals surface area contributed by atoms with Crippen molar-refractivity contribution in [1.82, 2.24) is 0 Å². The van der Waals surface area contributed by atoms with E-state index in [4.69, 9.17) is 0 Å². The summed E-state index contributed by atoms with van der Waals surface area (Å²) in [6, 6.07) is 23.0. The van der Waals surface area contributed by atoms with Crippen molar-refractivity contribution < 1.29 is 4.79 Å². The molecule has 0 fully saturated rings. The smallest absolute Gasteiger partial charge is 0.226 e. The lowest BCUT2D eigenvalue weighted by molar-refractivity contribution is -0.115. The lowest BCUT2D eigenvalue weighted by atomic mass is 10.1. The molecule has 0 heterocycles. The number of aryl methyl sites for hydroxylation is 4. The third kappa shape index (κ3) is 6.69. The van der Waals surface area contributed by atoms with Crippen molar-refractivity contribution in [3.05, 3.63) is 89.0 Å². The number of thioether (sulfide) groups is 2. The Hall–Kier alpha value is -2.17. The first-order valence-electron chi connectivity index (χ1n) is 9.73. The zero-order chi connectivity index (χ0) is 20.8. The number of nitrogens with one attached hydrogen (secondary N) is 1. The van der Waals surface area contributed by atoms with E-state index in [-0.39, 0.29) is 10.5 Å². The van der Waals surface area contributed by atoms with Crippen molar-refractivity contribution in [3.63, 3.8) is 0 Å². The lowest BCUT2D eigenvalue weighted by Gasteiger charge is -2.17. The molecule has 0 unspecified atom stereocenters. The van der Waals surface area contributed by atoms with Crippen LogP contribution in [0.2, 0.25) is 0 Å². The van der Waals surface area contributed by atoms with Gasteiger partial charge in [-0.05, 0) is 75.2 Å². The summed E-state index contributed by atoms with van der Waals surface area (Å²) >= 11 is 3.49. The van der Waals surface area contributed by atoms with Crippen molar-refractivity contribution in [1.29, 1.82) is 0 Å². The molecule has 0 aromatic heterocycles. The number of anilines is 1. The average molecular weight is 422 g/mol. The highest BCUT2D eigenvalue weighted by Gasteiger charge is 2.17. The highest BCUT2D eigenvalue weighted by atomic mass is 32.2. The Bertz CT molecular complexity index is 918. The number of rotatable bonds is 7. The van der Waals surface area contributed by atoms with Crippen LogP contribution in [-0.2, 0) is 4.79 Å². The minimum Gasteiger partial charge on any atom is -0.326 e. The van der Waals surface area contributed by atoms with E-state index in [2.05, 4.69) is 81.5 Å². The molecule has 150 valence electrons. The minimum atomic E-state index is 0.0393. The van der Waals surface area contributed by atoms with Gasteiger partial charge in [0.2, 0.25) is 5.91 Å². The largest absolute Gasteiger partial charge is 0.326 e. The molecule has 2 nitrogen and oxygen atoms in total. The fraction of sp³-hybridized carbons (Fsp3) is 0.240. The molecule has 0 saturated heterocycles. The molecule has 0 saturated carbocycles. The van der Waals surface area contributed by atoms with Gasteiger partial charge in [0, 0.05) is 21.9 Å². The maximum Gasteiger partial charge on any atom is 0.226 e. The Kier molecular flexibility index (Phi) is 7.45. The van der Waals surface area contributed by atoms with E-state index < -0.39 is 0 Å². The van der Waals surface area contributed by atoms with Gasteiger partial charge in [0.05, 0.1) is 4.58 Å². The van der Waals surface area contributed by atoms with Crippen LogP contribution in [0.15, 0.2) is 76.5 Å².